The Labute approximate surface area is 215 Å². The first-order chi connectivity index (χ1) is 16.8. The summed E-state index contributed by atoms with van der Waals surface area (Å²) in [6.45, 7) is 5.18. The van der Waals surface area contributed by atoms with E-state index in [-0.39, 0.29) is 5.41 Å². The molecule has 1 unspecified atom stereocenters. The number of fused-ring (bicyclic) bond motifs is 1. The Bertz CT molecular complexity index is 1060. The second-order valence-corrected chi connectivity index (χ2v) is 11.4. The monoisotopic (exact) mass is 516 g/mol. The van der Waals surface area contributed by atoms with Crippen molar-refractivity contribution in [1.29, 1.82) is 0 Å². The highest BCUT2D eigenvalue weighted by Gasteiger charge is 2.39. The van der Waals surface area contributed by atoms with E-state index >= 15 is 0 Å². The van der Waals surface area contributed by atoms with Crippen LogP contribution in [-0.4, -0.2) is 33.8 Å². The van der Waals surface area contributed by atoms with Gasteiger partial charge in [-0.15, -0.1) is 11.8 Å². The van der Waals surface area contributed by atoms with Crippen LogP contribution in [0.15, 0.2) is 58.5 Å². The van der Waals surface area contributed by atoms with E-state index in [0.29, 0.717) is 22.1 Å². The summed E-state index contributed by atoms with van der Waals surface area (Å²) in [5, 5.41) is 8.93. The molecule has 1 atom stereocenters. The largest absolute Gasteiger partial charge is 0.478 e. The molecule has 8 heteroatoms. The van der Waals surface area contributed by atoms with Crippen LogP contribution in [0.1, 0.15) is 52.4 Å². The molecule has 6 nitrogen and oxygen atoms in total. The third-order valence-electron chi connectivity index (χ3n) is 6.44. The first-order valence-electron chi connectivity index (χ1n) is 12.1. The fourth-order valence-electron chi connectivity index (χ4n) is 4.58. The lowest BCUT2D eigenvalue weighted by Crippen LogP contribution is -2.37. The third-order valence-corrected chi connectivity index (χ3v) is 8.89. The van der Waals surface area contributed by atoms with Gasteiger partial charge in [-0.05, 0) is 49.4 Å². The van der Waals surface area contributed by atoms with Gasteiger partial charge in [0.15, 0.2) is 0 Å². The van der Waals surface area contributed by atoms with Crippen molar-refractivity contribution in [3.8, 4) is 5.75 Å². The molecule has 0 aliphatic carbocycles. The zero-order chi connectivity index (χ0) is 25.4. The molecule has 0 amide bonds. The van der Waals surface area contributed by atoms with E-state index < -0.39 is 16.8 Å². The van der Waals surface area contributed by atoms with Crippen LogP contribution < -0.4 is 15.4 Å². The van der Waals surface area contributed by atoms with Crippen molar-refractivity contribution < 1.29 is 18.8 Å². The molecule has 0 bridgehead atoms. The molecule has 1 heterocycles. The summed E-state index contributed by atoms with van der Waals surface area (Å²) in [5.74, 6) is 0.0169. The minimum absolute atomic E-state index is 0.0823. The van der Waals surface area contributed by atoms with E-state index in [1.54, 1.807) is 0 Å². The number of nitrogens with zero attached hydrogens (tertiary/aromatic N) is 1. The quantitative estimate of drug-likeness (QED) is 0.150. The van der Waals surface area contributed by atoms with Crippen LogP contribution in [0.4, 0.5) is 17.1 Å². The number of unbranched alkanes of at least 4 members (excludes halogenated alkanes) is 2. The smallest absolute Gasteiger partial charge is 0.331 e. The molecule has 1 aliphatic rings. The Morgan fingerprint density at radius 3 is 2.43 bits per heavy atom. The maximum atomic E-state index is 13.9. The number of nitrogens with two attached hydrogens (primary N) is 1. The van der Waals surface area contributed by atoms with Crippen molar-refractivity contribution in [2.75, 3.05) is 29.2 Å². The van der Waals surface area contributed by atoms with Crippen molar-refractivity contribution in [1.82, 2.24) is 0 Å². The number of carboxylic acid groups (broad SMARTS) is 1. The number of hydrogen-bond donors (Lipinski definition) is 2. The second kappa shape index (κ2) is 12.5. The summed E-state index contributed by atoms with van der Waals surface area (Å²) in [6, 6.07) is 11.7. The van der Waals surface area contributed by atoms with Crippen molar-refractivity contribution in [2.24, 2.45) is 5.41 Å². The van der Waals surface area contributed by atoms with Crippen LogP contribution in [0, 0.1) is 5.41 Å². The van der Waals surface area contributed by atoms with Gasteiger partial charge >= 0.3 is 5.97 Å². The zero-order valence-electron chi connectivity index (χ0n) is 20.8. The number of rotatable bonds is 11. The van der Waals surface area contributed by atoms with Gasteiger partial charge < -0.3 is 20.5 Å². The summed E-state index contributed by atoms with van der Waals surface area (Å²) < 4.78 is 19.6. The van der Waals surface area contributed by atoms with Crippen LogP contribution in [0.2, 0.25) is 0 Å². The molecular formula is C27H36N2O4S2. The molecule has 3 rings (SSSR count). The predicted octanol–water partition coefficient (Wildman–Crippen LogP) is 6.59. The number of carbonyl (C=O) groups is 1. The van der Waals surface area contributed by atoms with Gasteiger partial charge in [0, 0.05) is 35.2 Å². The summed E-state index contributed by atoms with van der Waals surface area (Å²) >= 11 is 1.51. The molecular weight excluding hydrogens is 480 g/mol. The van der Waals surface area contributed by atoms with Crippen molar-refractivity contribution in [3.63, 3.8) is 0 Å². The molecule has 0 radical (unpaired) electrons. The Hall–Kier alpha value is -2.45. The van der Waals surface area contributed by atoms with E-state index in [0.717, 1.165) is 73.7 Å². The van der Waals surface area contributed by atoms with Gasteiger partial charge in [0.25, 0.3) is 0 Å². The predicted molar refractivity (Wildman–Crippen MR) is 146 cm³/mol. The van der Waals surface area contributed by atoms with Crippen LogP contribution in [0.25, 0.3) is 0 Å². The molecule has 2 aromatic carbocycles. The van der Waals surface area contributed by atoms with Crippen LogP contribution in [0.3, 0.4) is 0 Å². The number of carboxylic acids is 1. The average molecular weight is 517 g/mol. The average Bonchev–Trinajstić information content (AvgIpc) is 2.96. The van der Waals surface area contributed by atoms with E-state index in [2.05, 4.69) is 18.7 Å². The standard InChI is InChI=1S/C27H36N2O4S2/c1-4-6-13-27(14-7-5-2)18-29(21-10-8-20(28)9-11-21)22-16-24(34-3)23(33-15-12-26(30)31)17-25(22)35(32)19-27/h8-12,15-17H,4-7,13-14,18-19,28H2,1-3H3,(H,30,31)/b15-12+. The van der Waals surface area contributed by atoms with Crippen LogP contribution in [0.5, 0.6) is 5.75 Å². The van der Waals surface area contributed by atoms with Gasteiger partial charge in [0.2, 0.25) is 0 Å². The highest BCUT2D eigenvalue weighted by Crippen LogP contribution is 2.46. The fraction of sp³-hybridized carbons (Fsp3) is 0.444. The lowest BCUT2D eigenvalue weighted by molar-refractivity contribution is -0.131. The van der Waals surface area contributed by atoms with E-state index in [1.807, 2.05) is 42.7 Å². The highest BCUT2D eigenvalue weighted by atomic mass is 32.2. The summed E-state index contributed by atoms with van der Waals surface area (Å²) in [6.07, 6.45) is 10.5. The highest BCUT2D eigenvalue weighted by molar-refractivity contribution is 7.98. The molecule has 0 spiro atoms. The number of thioether (sulfide) groups is 1. The molecule has 0 saturated heterocycles. The lowest BCUT2D eigenvalue weighted by Gasteiger charge is -2.37. The van der Waals surface area contributed by atoms with E-state index in [4.69, 9.17) is 15.6 Å². The zero-order valence-corrected chi connectivity index (χ0v) is 22.4. The first-order valence-corrected chi connectivity index (χ1v) is 14.7. The Morgan fingerprint density at radius 2 is 1.86 bits per heavy atom. The molecule has 190 valence electrons. The van der Waals surface area contributed by atoms with E-state index in [9.17, 15) is 9.00 Å². The Balaban J connectivity index is 2.16. The normalized spacial score (nSPS) is 17.2. The van der Waals surface area contributed by atoms with Gasteiger partial charge in [-0.1, -0.05) is 39.5 Å². The molecule has 0 aromatic heterocycles. The number of ether oxygens (including phenoxy) is 1. The molecule has 0 saturated carbocycles. The maximum absolute atomic E-state index is 13.9. The second-order valence-electron chi connectivity index (χ2n) is 9.10. The summed E-state index contributed by atoms with van der Waals surface area (Å²) in [5.41, 5.74) is 8.53. The van der Waals surface area contributed by atoms with Crippen LogP contribution >= 0.6 is 11.8 Å². The van der Waals surface area contributed by atoms with Gasteiger partial charge in [-0.2, -0.15) is 0 Å². The van der Waals surface area contributed by atoms with Gasteiger partial charge in [0.1, 0.15) is 5.75 Å². The van der Waals surface area contributed by atoms with Gasteiger partial charge in [0.05, 0.1) is 38.6 Å². The molecule has 2 aromatic rings. The summed E-state index contributed by atoms with van der Waals surface area (Å²) in [7, 11) is -1.24. The molecule has 3 N–H and O–H groups in total. The van der Waals surface area contributed by atoms with E-state index in [1.165, 1.54) is 11.8 Å². The molecule has 35 heavy (non-hydrogen) atoms. The first kappa shape index (κ1) is 27.1. The summed E-state index contributed by atoms with van der Waals surface area (Å²) in [4.78, 5) is 14.8. The number of aliphatic carboxylic acids is 1. The number of anilines is 3. The Kier molecular flexibility index (Phi) is 9.69. The third kappa shape index (κ3) is 6.82. The number of nitrogen functional groups attached to an aromatic ring is 1. The minimum Gasteiger partial charge on any atom is -0.478 e. The minimum atomic E-state index is -1.24. The number of benzene rings is 2. The fourth-order valence-corrected chi connectivity index (χ4v) is 6.85. The van der Waals surface area contributed by atoms with Crippen molar-refractivity contribution >= 4 is 45.6 Å². The van der Waals surface area contributed by atoms with Gasteiger partial charge in [-0.3, -0.25) is 4.21 Å². The van der Waals surface area contributed by atoms with Gasteiger partial charge in [-0.25, -0.2) is 4.79 Å². The van der Waals surface area contributed by atoms with Crippen molar-refractivity contribution in [2.45, 2.75) is 62.2 Å². The van der Waals surface area contributed by atoms with Crippen molar-refractivity contribution in [3.05, 3.63) is 48.7 Å². The lowest BCUT2D eigenvalue weighted by atomic mass is 9.79. The molecule has 1 aliphatic heterocycles. The number of hydrogen-bond acceptors (Lipinski definition) is 6. The maximum Gasteiger partial charge on any atom is 0.331 e. The SMILES string of the molecule is CCCCC1(CCCC)CN(c2ccc(N)cc2)c2cc(SC)c(O/C=C/C(=O)O)cc2S(=O)C1. The molecule has 0 fully saturated rings. The van der Waals surface area contributed by atoms with Crippen LogP contribution in [-0.2, 0) is 15.6 Å². The Morgan fingerprint density at radius 1 is 1.20 bits per heavy atom. The topological polar surface area (TPSA) is 92.9 Å².